The van der Waals surface area contributed by atoms with Gasteiger partial charge in [0, 0.05) is 49.6 Å². The molecule has 3 heterocycles. The Kier molecular flexibility index (Phi) is 4.89. The number of hydrogen-bond donors (Lipinski definition) is 0. The second kappa shape index (κ2) is 7.36. The number of aromatic nitrogens is 1. The first kappa shape index (κ1) is 18.6. The molecular weight excluding hydrogens is 378 g/mol. The Morgan fingerprint density at radius 2 is 1.93 bits per heavy atom. The molecule has 0 saturated carbocycles. The number of pyridine rings is 1. The van der Waals surface area contributed by atoms with Gasteiger partial charge in [0.05, 0.1) is 10.9 Å². The number of carbonyl (C=O) groups excluding carboxylic acids is 1. The van der Waals surface area contributed by atoms with Gasteiger partial charge >= 0.3 is 0 Å². The molecule has 0 radical (unpaired) electrons. The number of hydrogen-bond acceptors (Lipinski definition) is 4. The van der Waals surface area contributed by atoms with Gasteiger partial charge in [0.1, 0.15) is 11.3 Å². The smallest absolute Gasteiger partial charge is 0.262 e. The summed E-state index contributed by atoms with van der Waals surface area (Å²) >= 11 is 6.09. The fourth-order valence-electron chi connectivity index (χ4n) is 3.77. The van der Waals surface area contributed by atoms with E-state index in [-0.39, 0.29) is 11.5 Å². The second-order valence-electron chi connectivity index (χ2n) is 6.94. The Hall–Kier alpha value is -2.73. The number of benzene rings is 1. The van der Waals surface area contributed by atoms with Crippen molar-refractivity contribution in [3.8, 4) is 0 Å². The first-order valence-corrected chi connectivity index (χ1v) is 9.79. The molecule has 3 aromatic rings. The quantitative estimate of drug-likeness (QED) is 0.676. The number of carbonyl (C=O) groups is 1. The third-order valence-electron chi connectivity index (χ3n) is 5.29. The van der Waals surface area contributed by atoms with E-state index < -0.39 is 0 Å². The van der Waals surface area contributed by atoms with E-state index >= 15 is 0 Å². The van der Waals surface area contributed by atoms with Crippen LogP contribution in [0.1, 0.15) is 23.0 Å². The molecule has 4 rings (SSSR count). The maximum Gasteiger partial charge on any atom is 0.262 e. The summed E-state index contributed by atoms with van der Waals surface area (Å²) in [6.45, 7) is 6.76. The van der Waals surface area contributed by atoms with Crippen LogP contribution in [-0.2, 0) is 6.54 Å². The van der Waals surface area contributed by atoms with Crippen molar-refractivity contribution in [1.82, 2.24) is 9.47 Å². The van der Waals surface area contributed by atoms with Crippen LogP contribution in [0.3, 0.4) is 0 Å². The van der Waals surface area contributed by atoms with Crippen LogP contribution < -0.4 is 10.5 Å². The standard InChI is InChI=1S/C21H22ClN3O3/c1-3-23-8-7-17-19(21(23)27)18(14(2)28-17)20(26)25-11-9-24(10-12-25)16-6-4-5-15(22)13-16/h4-8,13H,3,9-12H2,1-2H3. The molecule has 7 heteroatoms. The highest BCUT2D eigenvalue weighted by atomic mass is 35.5. The Morgan fingerprint density at radius 3 is 2.61 bits per heavy atom. The van der Waals surface area contributed by atoms with Gasteiger partial charge in [0.2, 0.25) is 0 Å². The molecule has 1 aliphatic heterocycles. The molecule has 1 saturated heterocycles. The van der Waals surface area contributed by atoms with E-state index in [2.05, 4.69) is 4.90 Å². The summed E-state index contributed by atoms with van der Waals surface area (Å²) in [6.07, 6.45) is 1.70. The number of anilines is 1. The monoisotopic (exact) mass is 399 g/mol. The van der Waals surface area contributed by atoms with Crippen molar-refractivity contribution >= 4 is 34.2 Å². The van der Waals surface area contributed by atoms with Gasteiger partial charge in [-0.15, -0.1) is 0 Å². The van der Waals surface area contributed by atoms with E-state index in [1.54, 1.807) is 28.7 Å². The van der Waals surface area contributed by atoms with E-state index in [1.807, 2.05) is 31.2 Å². The summed E-state index contributed by atoms with van der Waals surface area (Å²) in [6, 6.07) is 9.47. The first-order valence-electron chi connectivity index (χ1n) is 9.42. The summed E-state index contributed by atoms with van der Waals surface area (Å²) in [7, 11) is 0. The van der Waals surface area contributed by atoms with Gasteiger partial charge in [-0.05, 0) is 38.1 Å². The van der Waals surface area contributed by atoms with Gasteiger partial charge in [-0.3, -0.25) is 9.59 Å². The van der Waals surface area contributed by atoms with Crippen LogP contribution in [0.5, 0.6) is 0 Å². The average Bonchev–Trinajstić information content (AvgIpc) is 3.04. The lowest BCUT2D eigenvalue weighted by molar-refractivity contribution is 0.0746. The highest BCUT2D eigenvalue weighted by molar-refractivity contribution is 6.30. The van der Waals surface area contributed by atoms with Crippen LogP contribution in [-0.4, -0.2) is 41.6 Å². The molecule has 1 aliphatic rings. The number of piperazine rings is 1. The number of nitrogens with zero attached hydrogens (tertiary/aromatic N) is 3. The zero-order valence-corrected chi connectivity index (χ0v) is 16.7. The molecule has 0 aliphatic carbocycles. The van der Waals surface area contributed by atoms with Crippen LogP contribution in [0.15, 0.2) is 45.7 Å². The molecule has 0 atom stereocenters. The maximum absolute atomic E-state index is 13.2. The fraction of sp³-hybridized carbons (Fsp3) is 0.333. The van der Waals surface area contributed by atoms with Crippen LogP contribution >= 0.6 is 11.6 Å². The zero-order valence-electron chi connectivity index (χ0n) is 15.9. The predicted molar refractivity (Wildman–Crippen MR) is 110 cm³/mol. The van der Waals surface area contributed by atoms with Gasteiger partial charge in [0.15, 0.2) is 0 Å². The molecule has 2 aromatic heterocycles. The van der Waals surface area contributed by atoms with Crippen molar-refractivity contribution in [2.45, 2.75) is 20.4 Å². The number of amides is 1. The third-order valence-corrected chi connectivity index (χ3v) is 5.52. The van der Waals surface area contributed by atoms with Crippen LogP contribution in [0.2, 0.25) is 5.02 Å². The number of furan rings is 1. The van der Waals surface area contributed by atoms with E-state index in [0.717, 1.165) is 5.69 Å². The van der Waals surface area contributed by atoms with E-state index in [9.17, 15) is 9.59 Å². The fourth-order valence-corrected chi connectivity index (χ4v) is 3.95. The minimum absolute atomic E-state index is 0.145. The normalized spacial score (nSPS) is 14.7. The lowest BCUT2D eigenvalue weighted by atomic mass is 10.1. The molecular formula is C21H22ClN3O3. The molecule has 0 spiro atoms. The van der Waals surface area contributed by atoms with Crippen molar-refractivity contribution in [2.75, 3.05) is 31.1 Å². The number of rotatable bonds is 3. The molecule has 0 N–H and O–H groups in total. The predicted octanol–water partition coefficient (Wildman–Crippen LogP) is 3.54. The second-order valence-corrected chi connectivity index (χ2v) is 7.37. The summed E-state index contributed by atoms with van der Waals surface area (Å²) in [4.78, 5) is 30.0. The summed E-state index contributed by atoms with van der Waals surface area (Å²) in [5.41, 5.74) is 1.72. The van der Waals surface area contributed by atoms with Crippen LogP contribution in [0.25, 0.3) is 11.0 Å². The summed E-state index contributed by atoms with van der Waals surface area (Å²) in [5, 5.41) is 1.08. The van der Waals surface area contributed by atoms with Gasteiger partial charge in [-0.25, -0.2) is 0 Å². The van der Waals surface area contributed by atoms with E-state index in [0.29, 0.717) is 60.0 Å². The Balaban J connectivity index is 1.59. The largest absolute Gasteiger partial charge is 0.460 e. The van der Waals surface area contributed by atoms with Crippen molar-refractivity contribution in [3.63, 3.8) is 0 Å². The molecule has 0 bridgehead atoms. The molecule has 6 nitrogen and oxygen atoms in total. The van der Waals surface area contributed by atoms with Crippen molar-refractivity contribution < 1.29 is 9.21 Å². The van der Waals surface area contributed by atoms with E-state index in [1.165, 1.54) is 0 Å². The molecule has 28 heavy (non-hydrogen) atoms. The average molecular weight is 400 g/mol. The Labute approximate surface area is 167 Å². The minimum Gasteiger partial charge on any atom is -0.460 e. The van der Waals surface area contributed by atoms with Crippen LogP contribution in [0.4, 0.5) is 5.69 Å². The SMILES string of the molecule is CCn1ccc2oc(C)c(C(=O)N3CCN(c4cccc(Cl)c4)CC3)c2c1=O. The van der Waals surface area contributed by atoms with Gasteiger partial charge < -0.3 is 18.8 Å². The topological polar surface area (TPSA) is 58.7 Å². The van der Waals surface area contributed by atoms with Gasteiger partial charge in [-0.2, -0.15) is 0 Å². The minimum atomic E-state index is -0.183. The first-order chi connectivity index (χ1) is 13.5. The Bertz CT molecular complexity index is 1090. The summed E-state index contributed by atoms with van der Waals surface area (Å²) < 4.78 is 7.30. The molecule has 1 amide bonds. The molecule has 1 aromatic carbocycles. The van der Waals surface area contributed by atoms with Crippen molar-refractivity contribution in [3.05, 3.63) is 63.2 Å². The van der Waals surface area contributed by atoms with Gasteiger partial charge in [-0.1, -0.05) is 17.7 Å². The molecule has 146 valence electrons. The third kappa shape index (κ3) is 3.18. The number of aryl methyl sites for hydroxylation is 2. The van der Waals surface area contributed by atoms with Crippen LogP contribution in [0, 0.1) is 6.92 Å². The highest BCUT2D eigenvalue weighted by Gasteiger charge is 2.28. The Morgan fingerprint density at radius 1 is 1.18 bits per heavy atom. The molecule has 0 unspecified atom stereocenters. The maximum atomic E-state index is 13.2. The zero-order chi connectivity index (χ0) is 19.8. The van der Waals surface area contributed by atoms with E-state index in [4.69, 9.17) is 16.0 Å². The lowest BCUT2D eigenvalue weighted by Crippen LogP contribution is -2.49. The van der Waals surface area contributed by atoms with Gasteiger partial charge in [0.25, 0.3) is 11.5 Å². The van der Waals surface area contributed by atoms with Crippen molar-refractivity contribution in [2.24, 2.45) is 0 Å². The number of fused-ring (bicyclic) bond motifs is 1. The molecule has 1 fully saturated rings. The lowest BCUT2D eigenvalue weighted by Gasteiger charge is -2.36. The number of halogens is 1. The summed E-state index contributed by atoms with van der Waals surface area (Å²) in [5.74, 6) is 0.344. The highest BCUT2D eigenvalue weighted by Crippen LogP contribution is 2.26. The van der Waals surface area contributed by atoms with Crippen molar-refractivity contribution in [1.29, 1.82) is 0 Å².